The van der Waals surface area contributed by atoms with Crippen molar-refractivity contribution in [2.45, 2.75) is 32.2 Å². The van der Waals surface area contributed by atoms with Crippen LogP contribution >= 0.6 is 0 Å². The lowest BCUT2D eigenvalue weighted by atomic mass is 10.1. The van der Waals surface area contributed by atoms with Gasteiger partial charge in [0, 0.05) is 5.92 Å². The van der Waals surface area contributed by atoms with E-state index in [1.165, 1.54) is 0 Å². The van der Waals surface area contributed by atoms with Crippen LogP contribution in [0.4, 0.5) is 0 Å². The van der Waals surface area contributed by atoms with Crippen molar-refractivity contribution in [2.24, 2.45) is 17.6 Å². The largest absolute Gasteiger partial charge is 0.480 e. The lowest BCUT2D eigenvalue weighted by molar-refractivity contribution is -0.143. The summed E-state index contributed by atoms with van der Waals surface area (Å²) < 4.78 is 0. The molecule has 0 heterocycles. The molecule has 5 nitrogen and oxygen atoms in total. The molecule has 0 aliphatic heterocycles. The average Bonchev–Trinajstić information content (AvgIpc) is 2.97. The van der Waals surface area contributed by atoms with E-state index in [9.17, 15) is 9.59 Å². The number of amides is 1. The van der Waals surface area contributed by atoms with Gasteiger partial charge in [-0.05, 0) is 31.7 Å². The molecule has 4 N–H and O–H groups in total. The maximum Gasteiger partial charge on any atom is 0.326 e. The second kappa shape index (κ2) is 5.11. The first-order valence-electron chi connectivity index (χ1n) is 5.29. The van der Waals surface area contributed by atoms with Gasteiger partial charge in [-0.3, -0.25) is 4.79 Å². The zero-order valence-electron chi connectivity index (χ0n) is 8.90. The van der Waals surface area contributed by atoms with Gasteiger partial charge in [-0.2, -0.15) is 0 Å². The predicted octanol–water partition coefficient (Wildman–Crippen LogP) is -0.0493. The highest BCUT2D eigenvalue weighted by molar-refractivity contribution is 5.85. The van der Waals surface area contributed by atoms with Crippen LogP contribution in [0.25, 0.3) is 0 Å². The first-order valence-corrected chi connectivity index (χ1v) is 5.29. The Hall–Kier alpha value is -1.10. The smallest absolute Gasteiger partial charge is 0.326 e. The number of carbonyl (C=O) groups excluding carboxylic acids is 1. The van der Waals surface area contributed by atoms with Gasteiger partial charge in [-0.25, -0.2) is 4.79 Å². The molecule has 0 bridgehead atoms. The number of nitrogens with two attached hydrogens (primary N) is 1. The van der Waals surface area contributed by atoms with E-state index in [0.717, 1.165) is 12.8 Å². The first kappa shape index (κ1) is 12.0. The van der Waals surface area contributed by atoms with Crippen molar-refractivity contribution < 1.29 is 14.7 Å². The number of nitrogens with one attached hydrogen (secondary N) is 1. The summed E-state index contributed by atoms with van der Waals surface area (Å²) in [6.07, 6.45) is 2.37. The highest BCUT2D eigenvalue weighted by Gasteiger charge is 2.37. The van der Waals surface area contributed by atoms with Crippen molar-refractivity contribution in [3.8, 4) is 0 Å². The first-order chi connectivity index (χ1) is 7.06. The molecule has 1 fully saturated rings. The summed E-state index contributed by atoms with van der Waals surface area (Å²) in [5.41, 5.74) is 5.33. The van der Waals surface area contributed by atoms with Gasteiger partial charge < -0.3 is 16.2 Å². The Bertz CT molecular complexity index is 251. The molecule has 2 unspecified atom stereocenters. The van der Waals surface area contributed by atoms with Gasteiger partial charge in [-0.15, -0.1) is 0 Å². The fourth-order valence-electron chi connectivity index (χ4n) is 1.49. The third-order valence-electron chi connectivity index (χ3n) is 2.70. The van der Waals surface area contributed by atoms with E-state index in [4.69, 9.17) is 10.8 Å². The summed E-state index contributed by atoms with van der Waals surface area (Å²) in [6, 6.07) is -0.710. The van der Waals surface area contributed by atoms with E-state index in [1.54, 1.807) is 6.92 Å². The lowest BCUT2D eigenvalue weighted by Crippen LogP contribution is -2.44. The van der Waals surface area contributed by atoms with Crippen molar-refractivity contribution in [3.05, 3.63) is 0 Å². The van der Waals surface area contributed by atoms with Gasteiger partial charge >= 0.3 is 5.97 Å². The van der Waals surface area contributed by atoms with Crippen LogP contribution in [0, 0.1) is 11.8 Å². The Morgan fingerprint density at radius 1 is 1.53 bits per heavy atom. The highest BCUT2D eigenvalue weighted by Crippen LogP contribution is 2.32. The molecule has 2 atom stereocenters. The van der Waals surface area contributed by atoms with Crippen molar-refractivity contribution in [3.63, 3.8) is 0 Å². The van der Waals surface area contributed by atoms with Gasteiger partial charge in [0.2, 0.25) is 5.91 Å². The molecule has 15 heavy (non-hydrogen) atoms. The molecule has 0 radical (unpaired) electrons. The molecule has 1 amide bonds. The van der Waals surface area contributed by atoms with Gasteiger partial charge in [0.25, 0.3) is 0 Å². The van der Waals surface area contributed by atoms with Gasteiger partial charge in [0.15, 0.2) is 0 Å². The predicted molar refractivity (Wildman–Crippen MR) is 55.1 cm³/mol. The molecule has 1 aliphatic carbocycles. The zero-order chi connectivity index (χ0) is 11.4. The average molecular weight is 214 g/mol. The molecule has 1 aliphatic rings. The van der Waals surface area contributed by atoms with Crippen LogP contribution < -0.4 is 11.1 Å². The Kier molecular flexibility index (Phi) is 4.08. The Labute approximate surface area is 89.0 Å². The molecule has 0 aromatic heterocycles. The molecule has 0 spiro atoms. The topological polar surface area (TPSA) is 92.4 Å². The van der Waals surface area contributed by atoms with Crippen molar-refractivity contribution >= 4 is 11.9 Å². The number of aliphatic carboxylic acids is 1. The second-order valence-corrected chi connectivity index (χ2v) is 4.14. The molecule has 0 aromatic carbocycles. The van der Waals surface area contributed by atoms with Crippen LogP contribution in [0.15, 0.2) is 0 Å². The fraction of sp³-hybridized carbons (Fsp3) is 0.800. The summed E-state index contributed by atoms with van der Waals surface area (Å²) in [7, 11) is 0. The molecular weight excluding hydrogens is 196 g/mol. The Balaban J connectivity index is 2.43. The summed E-state index contributed by atoms with van der Waals surface area (Å²) in [5.74, 6) is -1.24. The Morgan fingerprint density at radius 2 is 2.13 bits per heavy atom. The van der Waals surface area contributed by atoms with Gasteiger partial charge in [0.05, 0.1) is 0 Å². The third-order valence-corrected chi connectivity index (χ3v) is 2.70. The van der Waals surface area contributed by atoms with Crippen LogP contribution in [-0.4, -0.2) is 29.6 Å². The van der Waals surface area contributed by atoms with Gasteiger partial charge in [-0.1, -0.05) is 6.92 Å². The second-order valence-electron chi connectivity index (χ2n) is 4.14. The zero-order valence-corrected chi connectivity index (χ0v) is 8.90. The lowest BCUT2D eigenvalue weighted by Gasteiger charge is -2.16. The third kappa shape index (κ3) is 3.51. The van der Waals surface area contributed by atoms with Crippen molar-refractivity contribution in [1.82, 2.24) is 5.32 Å². The normalized spacial score (nSPS) is 19.3. The summed E-state index contributed by atoms with van der Waals surface area (Å²) in [6.45, 7) is 2.20. The van der Waals surface area contributed by atoms with E-state index in [2.05, 4.69) is 5.32 Å². The highest BCUT2D eigenvalue weighted by atomic mass is 16.4. The number of hydrogen-bond donors (Lipinski definition) is 3. The molecule has 1 saturated carbocycles. The van der Waals surface area contributed by atoms with Crippen LogP contribution in [0.5, 0.6) is 0 Å². The summed E-state index contributed by atoms with van der Waals surface area (Å²) in [5, 5.41) is 11.5. The number of carboxylic acids is 1. The van der Waals surface area contributed by atoms with Gasteiger partial charge in [0.1, 0.15) is 6.04 Å². The van der Waals surface area contributed by atoms with Crippen molar-refractivity contribution in [1.29, 1.82) is 0 Å². The fourth-order valence-corrected chi connectivity index (χ4v) is 1.49. The minimum atomic E-state index is -0.939. The van der Waals surface area contributed by atoms with Crippen LogP contribution in [0.2, 0.25) is 0 Å². The molecular formula is C10H18N2O3. The number of carboxylic acid groups (broad SMARTS) is 1. The number of rotatable bonds is 6. The van der Waals surface area contributed by atoms with Crippen LogP contribution in [-0.2, 0) is 9.59 Å². The van der Waals surface area contributed by atoms with Crippen LogP contribution in [0.3, 0.4) is 0 Å². The molecule has 86 valence electrons. The van der Waals surface area contributed by atoms with E-state index in [0.29, 0.717) is 13.0 Å². The SMILES string of the molecule is CC(CCN)C(=O)NC(C(=O)O)C1CC1. The van der Waals surface area contributed by atoms with E-state index in [1.807, 2.05) is 0 Å². The van der Waals surface area contributed by atoms with E-state index >= 15 is 0 Å². The molecule has 5 heteroatoms. The van der Waals surface area contributed by atoms with Crippen LogP contribution in [0.1, 0.15) is 26.2 Å². The maximum absolute atomic E-state index is 11.6. The molecule has 0 saturated heterocycles. The van der Waals surface area contributed by atoms with E-state index in [-0.39, 0.29) is 17.7 Å². The molecule has 0 aromatic rings. The Morgan fingerprint density at radius 3 is 2.53 bits per heavy atom. The number of hydrogen-bond acceptors (Lipinski definition) is 3. The quantitative estimate of drug-likeness (QED) is 0.578. The summed E-state index contributed by atoms with van der Waals surface area (Å²) in [4.78, 5) is 22.4. The minimum Gasteiger partial charge on any atom is -0.480 e. The summed E-state index contributed by atoms with van der Waals surface area (Å²) >= 11 is 0. The van der Waals surface area contributed by atoms with E-state index < -0.39 is 12.0 Å². The standard InChI is InChI=1S/C10H18N2O3/c1-6(4-5-11)9(13)12-8(10(14)15)7-2-3-7/h6-8H,2-5,11H2,1H3,(H,12,13)(H,14,15). The molecule has 1 rings (SSSR count). The minimum absolute atomic E-state index is 0.122. The number of carbonyl (C=O) groups is 2. The maximum atomic E-state index is 11.6. The monoisotopic (exact) mass is 214 g/mol. The van der Waals surface area contributed by atoms with Crippen molar-refractivity contribution in [2.75, 3.05) is 6.54 Å².